The first kappa shape index (κ1) is 10.8. The van der Waals surface area contributed by atoms with E-state index in [0.717, 1.165) is 12.8 Å². The van der Waals surface area contributed by atoms with Crippen LogP contribution in [0.25, 0.3) is 0 Å². The highest BCUT2D eigenvalue weighted by Crippen LogP contribution is 2.18. The number of methoxy groups -OCH3 is 2. The van der Waals surface area contributed by atoms with Gasteiger partial charge in [0.05, 0.1) is 14.2 Å². The largest absolute Gasteiger partial charge is 0.467 e. The van der Waals surface area contributed by atoms with Gasteiger partial charge in [0.15, 0.2) is 0 Å². The Labute approximate surface area is 83.0 Å². The second-order valence-corrected chi connectivity index (χ2v) is 3.20. The number of ether oxygens (including phenoxy) is 2. The Hall–Kier alpha value is -1.26. The average Bonchev–Trinajstić information content (AvgIpc) is 2.27. The topological polar surface area (TPSA) is 55.8 Å². The molecule has 0 aromatic rings. The zero-order valence-corrected chi connectivity index (χ0v) is 8.49. The fourth-order valence-corrected chi connectivity index (χ4v) is 1.65. The number of carbonyl (C=O) groups excluding carboxylic acids is 2. The third kappa shape index (κ3) is 2.16. The molecule has 0 aromatic heterocycles. The summed E-state index contributed by atoms with van der Waals surface area (Å²) >= 11 is 0. The number of hydrogen-bond acceptors (Lipinski definition) is 4. The molecule has 0 aliphatic carbocycles. The molecule has 0 spiro atoms. The summed E-state index contributed by atoms with van der Waals surface area (Å²) in [5.41, 5.74) is 0. The molecule has 5 nitrogen and oxygen atoms in total. The van der Waals surface area contributed by atoms with Gasteiger partial charge >= 0.3 is 12.1 Å². The van der Waals surface area contributed by atoms with Gasteiger partial charge in [-0.25, -0.2) is 9.59 Å². The average molecular weight is 201 g/mol. The van der Waals surface area contributed by atoms with E-state index >= 15 is 0 Å². The third-order valence-electron chi connectivity index (χ3n) is 2.39. The minimum Gasteiger partial charge on any atom is -0.467 e. The summed E-state index contributed by atoms with van der Waals surface area (Å²) in [6.45, 7) is 0.562. The van der Waals surface area contributed by atoms with Crippen LogP contribution >= 0.6 is 0 Å². The standard InChI is InChI=1S/C9H15NO4/c1-13-8(11)7-5-3-4-6-10(7)9(12)14-2/h7H,3-6H2,1-2H3/t7-/m1/s1. The van der Waals surface area contributed by atoms with Crippen molar-refractivity contribution in [2.75, 3.05) is 20.8 Å². The van der Waals surface area contributed by atoms with Crippen molar-refractivity contribution in [2.45, 2.75) is 25.3 Å². The van der Waals surface area contributed by atoms with Gasteiger partial charge in [0.1, 0.15) is 6.04 Å². The van der Waals surface area contributed by atoms with Crippen LogP contribution in [-0.4, -0.2) is 43.8 Å². The first-order valence-corrected chi connectivity index (χ1v) is 4.63. The SMILES string of the molecule is COC(=O)[C@H]1CCCCN1C(=O)OC. The maximum absolute atomic E-state index is 11.3. The molecule has 5 heteroatoms. The van der Waals surface area contributed by atoms with Crippen molar-refractivity contribution in [1.82, 2.24) is 4.90 Å². The Morgan fingerprint density at radius 1 is 1.21 bits per heavy atom. The zero-order chi connectivity index (χ0) is 10.6. The molecule has 1 aliphatic rings. The van der Waals surface area contributed by atoms with E-state index in [-0.39, 0.29) is 5.97 Å². The highest BCUT2D eigenvalue weighted by atomic mass is 16.5. The predicted octanol–water partition coefficient (Wildman–Crippen LogP) is 0.780. The monoisotopic (exact) mass is 201 g/mol. The van der Waals surface area contributed by atoms with Crippen LogP contribution in [0.5, 0.6) is 0 Å². The zero-order valence-electron chi connectivity index (χ0n) is 8.49. The van der Waals surface area contributed by atoms with Crippen molar-refractivity contribution in [2.24, 2.45) is 0 Å². The van der Waals surface area contributed by atoms with Crippen molar-refractivity contribution >= 4 is 12.1 Å². The molecule has 1 rings (SSSR count). The van der Waals surface area contributed by atoms with Crippen molar-refractivity contribution in [3.8, 4) is 0 Å². The smallest absolute Gasteiger partial charge is 0.410 e. The number of rotatable bonds is 1. The Balaban J connectivity index is 2.68. The molecule has 80 valence electrons. The number of esters is 1. The van der Waals surface area contributed by atoms with Gasteiger partial charge in [-0.3, -0.25) is 4.90 Å². The Kier molecular flexibility index (Phi) is 3.73. The Bertz CT molecular complexity index is 205. The van der Waals surface area contributed by atoms with E-state index in [1.54, 1.807) is 0 Å². The van der Waals surface area contributed by atoms with Crippen LogP contribution in [0.1, 0.15) is 19.3 Å². The number of carbonyl (C=O) groups is 2. The van der Waals surface area contributed by atoms with Crippen LogP contribution in [0.2, 0.25) is 0 Å². The summed E-state index contributed by atoms with van der Waals surface area (Å²) < 4.78 is 9.22. The maximum atomic E-state index is 11.3. The minimum atomic E-state index is -0.471. The van der Waals surface area contributed by atoms with Crippen LogP contribution in [0, 0.1) is 0 Å². The summed E-state index contributed by atoms with van der Waals surface area (Å²) in [4.78, 5) is 24.0. The summed E-state index contributed by atoms with van der Waals surface area (Å²) in [7, 11) is 2.64. The molecule has 1 aliphatic heterocycles. The molecule has 0 unspecified atom stereocenters. The van der Waals surface area contributed by atoms with Crippen LogP contribution in [-0.2, 0) is 14.3 Å². The number of hydrogen-bond donors (Lipinski definition) is 0. The van der Waals surface area contributed by atoms with E-state index < -0.39 is 12.1 Å². The third-order valence-corrected chi connectivity index (χ3v) is 2.39. The molecule has 1 atom stereocenters. The van der Waals surface area contributed by atoms with E-state index in [1.165, 1.54) is 19.1 Å². The molecule has 0 radical (unpaired) electrons. The van der Waals surface area contributed by atoms with Crippen molar-refractivity contribution < 1.29 is 19.1 Å². The fraction of sp³-hybridized carbons (Fsp3) is 0.778. The van der Waals surface area contributed by atoms with E-state index in [0.29, 0.717) is 13.0 Å². The van der Waals surface area contributed by atoms with Gasteiger partial charge in [-0.1, -0.05) is 0 Å². The van der Waals surface area contributed by atoms with Crippen LogP contribution in [0.4, 0.5) is 4.79 Å². The van der Waals surface area contributed by atoms with Gasteiger partial charge in [-0.15, -0.1) is 0 Å². The number of piperidine rings is 1. The van der Waals surface area contributed by atoms with Gasteiger partial charge < -0.3 is 9.47 Å². The van der Waals surface area contributed by atoms with Crippen molar-refractivity contribution in [1.29, 1.82) is 0 Å². The first-order valence-electron chi connectivity index (χ1n) is 4.63. The molecule has 1 fully saturated rings. The molecule has 0 aromatic carbocycles. The number of amides is 1. The first-order chi connectivity index (χ1) is 6.70. The molecule has 1 saturated heterocycles. The number of likely N-dealkylation sites (tertiary alicyclic amines) is 1. The molecule has 1 heterocycles. The summed E-state index contributed by atoms with van der Waals surface area (Å²) in [6.07, 6.45) is 2.04. The lowest BCUT2D eigenvalue weighted by Crippen LogP contribution is -2.48. The normalized spacial score (nSPS) is 21.6. The summed E-state index contributed by atoms with van der Waals surface area (Å²) in [5.74, 6) is -0.366. The van der Waals surface area contributed by atoms with Crippen LogP contribution in [0.15, 0.2) is 0 Å². The van der Waals surface area contributed by atoms with Gasteiger partial charge in [-0.05, 0) is 19.3 Å². The fourth-order valence-electron chi connectivity index (χ4n) is 1.65. The molecule has 1 amide bonds. The van der Waals surface area contributed by atoms with Gasteiger partial charge in [-0.2, -0.15) is 0 Å². The Morgan fingerprint density at radius 2 is 1.93 bits per heavy atom. The molecule has 0 saturated carbocycles. The van der Waals surface area contributed by atoms with Crippen molar-refractivity contribution in [3.63, 3.8) is 0 Å². The van der Waals surface area contributed by atoms with Crippen LogP contribution in [0.3, 0.4) is 0 Å². The summed E-state index contributed by atoms with van der Waals surface area (Å²) in [6, 6.07) is -0.471. The lowest BCUT2D eigenvalue weighted by molar-refractivity contribution is -0.147. The number of nitrogens with zero attached hydrogens (tertiary/aromatic N) is 1. The Morgan fingerprint density at radius 3 is 2.50 bits per heavy atom. The lowest BCUT2D eigenvalue weighted by atomic mass is 10.0. The lowest BCUT2D eigenvalue weighted by Gasteiger charge is -2.32. The van der Waals surface area contributed by atoms with E-state index in [9.17, 15) is 9.59 Å². The second-order valence-electron chi connectivity index (χ2n) is 3.20. The van der Waals surface area contributed by atoms with E-state index in [1.807, 2.05) is 0 Å². The minimum absolute atomic E-state index is 0.366. The quantitative estimate of drug-likeness (QED) is 0.588. The van der Waals surface area contributed by atoms with Gasteiger partial charge in [0, 0.05) is 6.54 Å². The molecular weight excluding hydrogens is 186 g/mol. The van der Waals surface area contributed by atoms with Gasteiger partial charge in [0.25, 0.3) is 0 Å². The molecule has 14 heavy (non-hydrogen) atoms. The highest BCUT2D eigenvalue weighted by molar-refractivity contribution is 5.81. The highest BCUT2D eigenvalue weighted by Gasteiger charge is 2.33. The molecule has 0 N–H and O–H groups in total. The van der Waals surface area contributed by atoms with Crippen molar-refractivity contribution in [3.05, 3.63) is 0 Å². The van der Waals surface area contributed by atoms with Gasteiger partial charge in [0.2, 0.25) is 0 Å². The van der Waals surface area contributed by atoms with Crippen LogP contribution < -0.4 is 0 Å². The molecular formula is C9H15NO4. The maximum Gasteiger partial charge on any atom is 0.410 e. The molecule has 0 bridgehead atoms. The second kappa shape index (κ2) is 4.83. The van der Waals surface area contributed by atoms with E-state index in [2.05, 4.69) is 9.47 Å². The van der Waals surface area contributed by atoms with E-state index in [4.69, 9.17) is 0 Å². The predicted molar refractivity (Wildman–Crippen MR) is 48.8 cm³/mol. The summed E-state index contributed by atoms with van der Waals surface area (Å²) in [5, 5.41) is 0.